The third-order valence-corrected chi connectivity index (χ3v) is 6.05. The van der Waals surface area contributed by atoms with Crippen LogP contribution in [0.2, 0.25) is 5.02 Å². The number of ether oxygens (including phenoxy) is 2. The lowest BCUT2D eigenvalue weighted by atomic mass is 10.1. The van der Waals surface area contributed by atoms with E-state index in [1.54, 1.807) is 75.6 Å². The van der Waals surface area contributed by atoms with Gasteiger partial charge in [-0.25, -0.2) is 4.79 Å². The molecule has 3 aromatic rings. The minimum Gasteiger partial charge on any atom is -0.492 e. The highest BCUT2D eigenvalue weighted by atomic mass is 35.5. The number of halogens is 2. The Hall–Kier alpha value is -3.70. The van der Waals surface area contributed by atoms with E-state index in [0.29, 0.717) is 11.4 Å². The molecule has 0 fully saturated rings. The summed E-state index contributed by atoms with van der Waals surface area (Å²) in [4.78, 5) is 32.7. The molecule has 0 unspecified atom stereocenters. The van der Waals surface area contributed by atoms with E-state index in [0.717, 1.165) is 4.90 Å². The average Bonchev–Trinajstić information content (AvgIpc) is 2.85. The van der Waals surface area contributed by atoms with Gasteiger partial charge in [-0.15, -0.1) is 3.89 Å². The Morgan fingerprint density at radius 3 is 2.21 bits per heavy atom. The molecule has 2 amide bonds. The summed E-state index contributed by atoms with van der Waals surface area (Å²) in [6.07, 6.45) is 2.53. The second-order valence-corrected chi connectivity index (χ2v) is 11.3. The molecule has 1 aromatic heterocycles. The van der Waals surface area contributed by atoms with Crippen molar-refractivity contribution in [2.24, 2.45) is 0 Å². The van der Waals surface area contributed by atoms with Gasteiger partial charge >= 0.3 is 16.3 Å². The molecule has 0 atom stereocenters. The molecule has 0 bridgehead atoms. The fourth-order valence-corrected chi connectivity index (χ4v) is 4.13. The summed E-state index contributed by atoms with van der Waals surface area (Å²) < 4.78 is 46.9. The van der Waals surface area contributed by atoms with Gasteiger partial charge in [0.05, 0.1) is 18.0 Å². The van der Waals surface area contributed by atoms with Crippen molar-refractivity contribution in [3.8, 4) is 5.75 Å². The Morgan fingerprint density at radius 1 is 0.949 bits per heavy atom. The zero-order chi connectivity index (χ0) is 28.6. The first-order valence-electron chi connectivity index (χ1n) is 12.0. The molecule has 2 aromatic carbocycles. The molecule has 39 heavy (non-hydrogen) atoms. The minimum absolute atomic E-state index is 0.0258. The quantitative estimate of drug-likeness (QED) is 0.293. The van der Waals surface area contributed by atoms with Gasteiger partial charge in [0.15, 0.2) is 0 Å². The standard InChI is InChI=1S/C27H29ClFN3O6S/c1-27(2,3)38-26(34)32(23-9-11-30-12-10-23)13-15-37-24-18-20(17-21(28)19-24)25(33)31(14-16-39(29,35)36)22-7-5-4-6-8-22/h4-12,17-19H,13-16H2,1-3H3. The van der Waals surface area contributed by atoms with Gasteiger partial charge in [0.2, 0.25) is 0 Å². The first kappa shape index (κ1) is 29.9. The van der Waals surface area contributed by atoms with E-state index in [1.807, 2.05) is 0 Å². The lowest BCUT2D eigenvalue weighted by Gasteiger charge is -2.27. The van der Waals surface area contributed by atoms with Gasteiger partial charge in [-0.05, 0) is 63.2 Å². The molecule has 0 radical (unpaired) electrons. The third-order valence-electron chi connectivity index (χ3n) is 5.16. The number of benzene rings is 2. The number of pyridine rings is 1. The van der Waals surface area contributed by atoms with Gasteiger partial charge < -0.3 is 14.4 Å². The predicted molar refractivity (Wildman–Crippen MR) is 148 cm³/mol. The van der Waals surface area contributed by atoms with Gasteiger partial charge in [-0.2, -0.15) is 8.42 Å². The maximum atomic E-state index is 13.4. The largest absolute Gasteiger partial charge is 0.492 e. The van der Waals surface area contributed by atoms with Crippen LogP contribution in [-0.4, -0.2) is 56.5 Å². The van der Waals surface area contributed by atoms with E-state index >= 15 is 0 Å². The van der Waals surface area contributed by atoms with E-state index in [9.17, 15) is 21.9 Å². The van der Waals surface area contributed by atoms with Crippen LogP contribution in [0, 0.1) is 0 Å². The Labute approximate surface area is 232 Å². The van der Waals surface area contributed by atoms with Crippen molar-refractivity contribution in [3.05, 3.63) is 83.6 Å². The molecular weight excluding hydrogens is 549 g/mol. The predicted octanol–water partition coefficient (Wildman–Crippen LogP) is 5.50. The smallest absolute Gasteiger partial charge is 0.414 e. The summed E-state index contributed by atoms with van der Waals surface area (Å²) in [7, 11) is -4.81. The number of anilines is 2. The van der Waals surface area contributed by atoms with Crippen LogP contribution in [-0.2, 0) is 15.0 Å². The molecule has 0 aliphatic rings. The van der Waals surface area contributed by atoms with Crippen molar-refractivity contribution in [3.63, 3.8) is 0 Å². The van der Waals surface area contributed by atoms with E-state index in [-0.39, 0.29) is 29.5 Å². The Bertz CT molecular complexity index is 1390. The van der Waals surface area contributed by atoms with Crippen molar-refractivity contribution in [2.45, 2.75) is 26.4 Å². The Morgan fingerprint density at radius 2 is 1.59 bits per heavy atom. The number of carbonyl (C=O) groups is 2. The fourth-order valence-electron chi connectivity index (χ4n) is 3.50. The number of para-hydroxylation sites is 1. The summed E-state index contributed by atoms with van der Waals surface area (Å²) in [6, 6.07) is 16.0. The molecule has 0 saturated carbocycles. The molecule has 0 spiro atoms. The van der Waals surface area contributed by atoms with Crippen molar-refractivity contribution in [1.29, 1.82) is 0 Å². The zero-order valence-corrected chi connectivity index (χ0v) is 23.3. The topological polar surface area (TPSA) is 106 Å². The molecule has 12 heteroatoms. The van der Waals surface area contributed by atoms with Gasteiger partial charge in [0, 0.05) is 35.2 Å². The van der Waals surface area contributed by atoms with Crippen LogP contribution in [0.4, 0.5) is 20.1 Å². The molecular formula is C27H29ClFN3O6S. The lowest BCUT2D eigenvalue weighted by molar-refractivity contribution is 0.0575. The van der Waals surface area contributed by atoms with E-state index in [1.165, 1.54) is 23.1 Å². The summed E-state index contributed by atoms with van der Waals surface area (Å²) in [6.45, 7) is 5.02. The van der Waals surface area contributed by atoms with Gasteiger partial charge in [0.1, 0.15) is 18.0 Å². The number of nitrogens with zero attached hydrogens (tertiary/aromatic N) is 3. The van der Waals surface area contributed by atoms with Crippen molar-refractivity contribution in [1.82, 2.24) is 4.98 Å². The van der Waals surface area contributed by atoms with Crippen LogP contribution < -0.4 is 14.5 Å². The van der Waals surface area contributed by atoms with Gasteiger partial charge in [-0.1, -0.05) is 29.8 Å². The second-order valence-electron chi connectivity index (χ2n) is 9.40. The minimum atomic E-state index is -4.81. The number of rotatable bonds is 10. The maximum absolute atomic E-state index is 13.4. The summed E-state index contributed by atoms with van der Waals surface area (Å²) in [5, 5.41) is 0.195. The molecule has 0 saturated heterocycles. The molecule has 1 heterocycles. The van der Waals surface area contributed by atoms with Crippen molar-refractivity contribution in [2.75, 3.05) is 35.2 Å². The first-order chi connectivity index (χ1) is 18.3. The van der Waals surface area contributed by atoms with Crippen LogP contribution in [0.3, 0.4) is 0 Å². The Kier molecular flexibility index (Phi) is 9.87. The molecule has 0 N–H and O–H groups in total. The Balaban J connectivity index is 1.79. The van der Waals surface area contributed by atoms with Gasteiger partial charge in [-0.3, -0.25) is 14.7 Å². The average molecular weight is 578 g/mol. The van der Waals surface area contributed by atoms with E-state index in [2.05, 4.69) is 4.98 Å². The zero-order valence-electron chi connectivity index (χ0n) is 21.7. The highest BCUT2D eigenvalue weighted by molar-refractivity contribution is 7.86. The monoisotopic (exact) mass is 577 g/mol. The molecule has 0 aliphatic heterocycles. The van der Waals surface area contributed by atoms with Gasteiger partial charge in [0.25, 0.3) is 5.91 Å². The highest BCUT2D eigenvalue weighted by Gasteiger charge is 2.24. The SMILES string of the molecule is CC(C)(C)OC(=O)N(CCOc1cc(Cl)cc(C(=O)N(CCS(=O)(=O)F)c2ccccc2)c1)c1ccncc1. The molecule has 9 nitrogen and oxygen atoms in total. The van der Waals surface area contributed by atoms with Crippen LogP contribution >= 0.6 is 11.6 Å². The summed E-state index contributed by atoms with van der Waals surface area (Å²) in [5.74, 6) is -1.22. The van der Waals surface area contributed by atoms with Crippen molar-refractivity contribution < 1.29 is 31.4 Å². The number of hydrogen-bond donors (Lipinski definition) is 0. The molecule has 208 valence electrons. The number of amides is 2. The normalized spacial score (nSPS) is 11.5. The summed E-state index contributed by atoms with van der Waals surface area (Å²) >= 11 is 6.26. The van der Waals surface area contributed by atoms with Crippen LogP contribution in [0.15, 0.2) is 73.1 Å². The third kappa shape index (κ3) is 9.52. The number of carbonyl (C=O) groups excluding carboxylic acids is 2. The lowest BCUT2D eigenvalue weighted by Crippen LogP contribution is -2.39. The van der Waals surface area contributed by atoms with Crippen LogP contribution in [0.5, 0.6) is 5.75 Å². The molecule has 3 rings (SSSR count). The maximum Gasteiger partial charge on any atom is 0.414 e. The first-order valence-corrected chi connectivity index (χ1v) is 13.9. The van der Waals surface area contributed by atoms with E-state index < -0.39 is 40.1 Å². The molecule has 0 aliphatic carbocycles. The second kappa shape index (κ2) is 12.9. The van der Waals surface area contributed by atoms with Crippen LogP contribution in [0.25, 0.3) is 0 Å². The van der Waals surface area contributed by atoms with E-state index in [4.69, 9.17) is 21.1 Å². The van der Waals surface area contributed by atoms with Crippen LogP contribution in [0.1, 0.15) is 31.1 Å². The number of aromatic nitrogens is 1. The highest BCUT2D eigenvalue weighted by Crippen LogP contribution is 2.25. The summed E-state index contributed by atoms with van der Waals surface area (Å²) in [5.41, 5.74) is 0.346. The fraction of sp³-hybridized carbons (Fsp3) is 0.296. The number of hydrogen-bond acceptors (Lipinski definition) is 7. The van der Waals surface area contributed by atoms with Crippen molar-refractivity contribution >= 4 is 45.2 Å².